The number of nitrogens with zero attached hydrogens (tertiary/aromatic N) is 2. The monoisotopic (exact) mass is 256 g/mol. The lowest BCUT2D eigenvalue weighted by atomic mass is 9.98. The third-order valence-corrected chi connectivity index (χ3v) is 3.40. The van der Waals surface area contributed by atoms with E-state index in [1.165, 1.54) is 0 Å². The van der Waals surface area contributed by atoms with Crippen molar-refractivity contribution in [3.63, 3.8) is 0 Å². The number of benzene rings is 1. The van der Waals surface area contributed by atoms with E-state index in [2.05, 4.69) is 4.98 Å². The number of carboxylic acid groups (broad SMARTS) is 1. The summed E-state index contributed by atoms with van der Waals surface area (Å²) in [5, 5.41) is 9.63. The second-order valence-corrected chi connectivity index (χ2v) is 4.62. The normalized spacial score (nSPS) is 15.3. The van der Waals surface area contributed by atoms with E-state index in [0.29, 0.717) is 5.56 Å². The molecular weight excluding hydrogens is 244 g/mol. The van der Waals surface area contributed by atoms with Gasteiger partial charge in [0.15, 0.2) is 0 Å². The van der Waals surface area contributed by atoms with Crippen molar-refractivity contribution in [3.8, 4) is 0 Å². The number of amides is 1. The summed E-state index contributed by atoms with van der Waals surface area (Å²) in [4.78, 5) is 28.8. The van der Waals surface area contributed by atoms with Crippen LogP contribution in [0.1, 0.15) is 10.4 Å². The first-order chi connectivity index (χ1) is 9.16. The molecule has 0 bridgehead atoms. The summed E-state index contributed by atoms with van der Waals surface area (Å²) in [5.74, 6) is -1.41. The highest BCUT2D eigenvalue weighted by molar-refractivity contribution is 6.06. The standard InChI is InChI=1S/C14H12N2O3/c17-13(16-7-9(8-16)14(18)19)11-5-6-15-12-4-2-1-3-10(11)12/h1-6,9H,7-8H2,(H,18,19). The quantitative estimate of drug-likeness (QED) is 0.881. The van der Waals surface area contributed by atoms with Gasteiger partial charge < -0.3 is 10.0 Å². The third-order valence-electron chi connectivity index (χ3n) is 3.40. The first kappa shape index (κ1) is 11.6. The van der Waals surface area contributed by atoms with Gasteiger partial charge in [0.05, 0.1) is 17.0 Å². The molecule has 0 atom stereocenters. The number of carboxylic acids is 1. The Kier molecular flexibility index (Phi) is 2.67. The molecule has 0 unspecified atom stereocenters. The number of likely N-dealkylation sites (tertiary alicyclic amines) is 1. The first-order valence-corrected chi connectivity index (χ1v) is 6.02. The molecule has 1 aliphatic heterocycles. The predicted molar refractivity (Wildman–Crippen MR) is 68.8 cm³/mol. The summed E-state index contributed by atoms with van der Waals surface area (Å²) in [6, 6.07) is 9.11. The molecule has 2 heterocycles. The summed E-state index contributed by atoms with van der Waals surface area (Å²) in [5.41, 5.74) is 1.35. The smallest absolute Gasteiger partial charge is 0.310 e. The fourth-order valence-electron chi connectivity index (χ4n) is 2.25. The Morgan fingerprint density at radius 1 is 1.21 bits per heavy atom. The Hall–Kier alpha value is -2.43. The van der Waals surface area contributed by atoms with Crippen LogP contribution in [-0.4, -0.2) is 40.0 Å². The topological polar surface area (TPSA) is 70.5 Å². The van der Waals surface area contributed by atoms with Crippen molar-refractivity contribution in [2.45, 2.75) is 0 Å². The van der Waals surface area contributed by atoms with Gasteiger partial charge in [-0.15, -0.1) is 0 Å². The van der Waals surface area contributed by atoms with Crippen LogP contribution < -0.4 is 0 Å². The molecule has 2 aromatic rings. The maximum absolute atomic E-state index is 12.3. The van der Waals surface area contributed by atoms with Crippen molar-refractivity contribution in [2.24, 2.45) is 5.92 Å². The Morgan fingerprint density at radius 3 is 2.68 bits per heavy atom. The maximum Gasteiger partial charge on any atom is 0.310 e. The Bertz CT molecular complexity index is 657. The summed E-state index contributed by atoms with van der Waals surface area (Å²) < 4.78 is 0. The molecule has 0 saturated carbocycles. The Balaban J connectivity index is 1.89. The van der Waals surface area contributed by atoms with Gasteiger partial charge in [0.2, 0.25) is 0 Å². The van der Waals surface area contributed by atoms with Crippen LogP contribution in [0.2, 0.25) is 0 Å². The molecule has 1 aromatic heterocycles. The molecule has 1 amide bonds. The highest BCUT2D eigenvalue weighted by atomic mass is 16.4. The number of aliphatic carboxylic acids is 1. The lowest BCUT2D eigenvalue weighted by molar-refractivity contribution is -0.146. The number of rotatable bonds is 2. The number of fused-ring (bicyclic) bond motifs is 1. The molecule has 0 aliphatic carbocycles. The summed E-state index contributed by atoms with van der Waals surface area (Å²) in [7, 11) is 0. The highest BCUT2D eigenvalue weighted by Crippen LogP contribution is 2.23. The molecule has 5 heteroatoms. The van der Waals surface area contributed by atoms with Gasteiger partial charge in [-0.05, 0) is 12.1 Å². The predicted octanol–water partition coefficient (Wildman–Crippen LogP) is 1.39. The van der Waals surface area contributed by atoms with Gasteiger partial charge in [-0.3, -0.25) is 14.6 Å². The van der Waals surface area contributed by atoms with Crippen LogP contribution in [0.15, 0.2) is 36.5 Å². The zero-order valence-electron chi connectivity index (χ0n) is 10.1. The molecule has 5 nitrogen and oxygen atoms in total. The lowest BCUT2D eigenvalue weighted by Crippen LogP contribution is -2.53. The van der Waals surface area contributed by atoms with E-state index in [4.69, 9.17) is 5.11 Å². The van der Waals surface area contributed by atoms with Gasteiger partial charge in [-0.25, -0.2) is 0 Å². The van der Waals surface area contributed by atoms with Crippen molar-refractivity contribution in [3.05, 3.63) is 42.1 Å². The largest absolute Gasteiger partial charge is 0.481 e. The molecule has 96 valence electrons. The van der Waals surface area contributed by atoms with Gasteiger partial charge in [0, 0.05) is 24.7 Å². The molecule has 1 saturated heterocycles. The van der Waals surface area contributed by atoms with Gasteiger partial charge in [-0.2, -0.15) is 0 Å². The van der Waals surface area contributed by atoms with E-state index in [9.17, 15) is 9.59 Å². The molecule has 0 radical (unpaired) electrons. The second kappa shape index (κ2) is 4.35. The molecule has 1 fully saturated rings. The van der Waals surface area contributed by atoms with E-state index >= 15 is 0 Å². The summed E-state index contributed by atoms with van der Waals surface area (Å²) in [6.07, 6.45) is 1.60. The average molecular weight is 256 g/mol. The molecule has 1 aromatic carbocycles. The van der Waals surface area contributed by atoms with E-state index in [1.54, 1.807) is 17.2 Å². The van der Waals surface area contributed by atoms with Crippen LogP contribution in [-0.2, 0) is 4.79 Å². The second-order valence-electron chi connectivity index (χ2n) is 4.62. The average Bonchev–Trinajstić information content (AvgIpc) is 2.35. The van der Waals surface area contributed by atoms with Crippen molar-refractivity contribution < 1.29 is 14.7 Å². The molecule has 1 N–H and O–H groups in total. The SMILES string of the molecule is O=C(O)C1CN(C(=O)c2ccnc3ccccc23)C1. The Labute approximate surface area is 109 Å². The van der Waals surface area contributed by atoms with Crippen LogP contribution in [0.4, 0.5) is 0 Å². The number of para-hydroxylation sites is 1. The van der Waals surface area contributed by atoms with Crippen LogP contribution in [0.5, 0.6) is 0 Å². The van der Waals surface area contributed by atoms with Crippen molar-refractivity contribution >= 4 is 22.8 Å². The van der Waals surface area contributed by atoms with E-state index in [0.717, 1.165) is 10.9 Å². The van der Waals surface area contributed by atoms with E-state index < -0.39 is 11.9 Å². The lowest BCUT2D eigenvalue weighted by Gasteiger charge is -2.36. The molecule has 3 rings (SSSR count). The summed E-state index contributed by atoms with van der Waals surface area (Å²) in [6.45, 7) is 0.565. The van der Waals surface area contributed by atoms with Gasteiger partial charge in [0.1, 0.15) is 0 Å². The molecule has 1 aliphatic rings. The van der Waals surface area contributed by atoms with Crippen LogP contribution >= 0.6 is 0 Å². The van der Waals surface area contributed by atoms with Crippen LogP contribution in [0, 0.1) is 5.92 Å². The maximum atomic E-state index is 12.3. The minimum atomic E-state index is -0.844. The highest BCUT2D eigenvalue weighted by Gasteiger charge is 2.36. The fraction of sp³-hybridized carbons (Fsp3) is 0.214. The number of pyridine rings is 1. The van der Waals surface area contributed by atoms with Gasteiger partial charge >= 0.3 is 5.97 Å². The van der Waals surface area contributed by atoms with Crippen LogP contribution in [0.3, 0.4) is 0 Å². The zero-order chi connectivity index (χ0) is 13.4. The fourth-order valence-corrected chi connectivity index (χ4v) is 2.25. The number of aromatic nitrogens is 1. The minimum Gasteiger partial charge on any atom is -0.481 e. The summed E-state index contributed by atoms with van der Waals surface area (Å²) >= 11 is 0. The van der Waals surface area contributed by atoms with Crippen molar-refractivity contribution in [1.29, 1.82) is 0 Å². The van der Waals surface area contributed by atoms with Crippen molar-refractivity contribution in [1.82, 2.24) is 9.88 Å². The first-order valence-electron chi connectivity index (χ1n) is 6.02. The third kappa shape index (κ3) is 1.93. The number of hydrogen-bond acceptors (Lipinski definition) is 3. The number of hydrogen-bond donors (Lipinski definition) is 1. The number of carbonyl (C=O) groups is 2. The number of carbonyl (C=O) groups excluding carboxylic acids is 1. The van der Waals surface area contributed by atoms with Crippen molar-refractivity contribution in [2.75, 3.05) is 13.1 Å². The van der Waals surface area contributed by atoms with Gasteiger partial charge in [-0.1, -0.05) is 18.2 Å². The molecular formula is C14H12N2O3. The van der Waals surface area contributed by atoms with E-state index in [1.807, 2.05) is 24.3 Å². The minimum absolute atomic E-state index is 0.129. The molecule has 0 spiro atoms. The zero-order valence-corrected chi connectivity index (χ0v) is 10.1. The van der Waals surface area contributed by atoms with Gasteiger partial charge in [0.25, 0.3) is 5.91 Å². The Morgan fingerprint density at radius 2 is 1.95 bits per heavy atom. The van der Waals surface area contributed by atoms with E-state index in [-0.39, 0.29) is 19.0 Å². The van der Waals surface area contributed by atoms with Crippen LogP contribution in [0.25, 0.3) is 10.9 Å². The molecule has 19 heavy (non-hydrogen) atoms.